The normalized spacial score (nSPS) is 13.4. The molecule has 0 aromatic rings. The predicted molar refractivity (Wildman–Crippen MR) is 96.1 cm³/mol. The van der Waals surface area contributed by atoms with Crippen molar-refractivity contribution in [1.82, 2.24) is 10.6 Å². The monoisotopic (exact) mass is 327 g/mol. The Hall–Kier alpha value is -1.10. The highest BCUT2D eigenvalue weighted by Gasteiger charge is 2.08. The first kappa shape index (κ1) is 21.9. The minimum Gasteiger partial charge on any atom is -0.356 e. The van der Waals surface area contributed by atoms with Gasteiger partial charge < -0.3 is 16.4 Å². The summed E-state index contributed by atoms with van der Waals surface area (Å²) in [4.78, 5) is 23.2. The molecule has 0 spiro atoms. The van der Waals surface area contributed by atoms with Gasteiger partial charge >= 0.3 is 0 Å². The van der Waals surface area contributed by atoms with Crippen molar-refractivity contribution in [2.24, 2.45) is 11.7 Å². The first-order chi connectivity index (χ1) is 11.0. The number of nitrogens with two attached hydrogens (primary N) is 1. The molecule has 23 heavy (non-hydrogen) atoms. The molecule has 0 aliphatic heterocycles. The van der Waals surface area contributed by atoms with Crippen LogP contribution in [-0.2, 0) is 9.59 Å². The van der Waals surface area contributed by atoms with E-state index < -0.39 is 0 Å². The van der Waals surface area contributed by atoms with Crippen molar-refractivity contribution < 1.29 is 9.59 Å². The zero-order chi connectivity index (χ0) is 17.5. The van der Waals surface area contributed by atoms with Crippen LogP contribution in [0.15, 0.2) is 0 Å². The lowest BCUT2D eigenvalue weighted by atomic mass is 10.1. The van der Waals surface area contributed by atoms with E-state index >= 15 is 0 Å². The van der Waals surface area contributed by atoms with Gasteiger partial charge in [0.25, 0.3) is 0 Å². The Morgan fingerprint density at radius 3 is 2.13 bits per heavy atom. The summed E-state index contributed by atoms with van der Waals surface area (Å²) in [6, 6.07) is 0.277. The third-order valence-electron chi connectivity index (χ3n) is 4.10. The molecule has 0 fully saturated rings. The Kier molecular flexibility index (Phi) is 13.8. The van der Waals surface area contributed by atoms with Gasteiger partial charge in [0.2, 0.25) is 11.8 Å². The third-order valence-corrected chi connectivity index (χ3v) is 4.10. The first-order valence-electron chi connectivity index (χ1n) is 9.27. The number of rotatable bonds is 14. The van der Waals surface area contributed by atoms with E-state index in [1.54, 1.807) is 0 Å². The lowest BCUT2D eigenvalue weighted by molar-refractivity contribution is -0.124. The quantitative estimate of drug-likeness (QED) is 0.429. The highest BCUT2D eigenvalue weighted by atomic mass is 16.2. The maximum atomic E-state index is 11.7. The van der Waals surface area contributed by atoms with E-state index in [1.807, 2.05) is 20.8 Å². The fraction of sp³-hybridized carbons (Fsp3) is 0.889. The van der Waals surface area contributed by atoms with Gasteiger partial charge in [-0.15, -0.1) is 0 Å². The van der Waals surface area contributed by atoms with Crippen LogP contribution in [0.3, 0.4) is 0 Å². The van der Waals surface area contributed by atoms with Crippen LogP contribution in [0.4, 0.5) is 0 Å². The summed E-state index contributed by atoms with van der Waals surface area (Å²) >= 11 is 0. The highest BCUT2D eigenvalue weighted by molar-refractivity contribution is 5.78. The Bertz CT molecular complexity index is 319. The van der Waals surface area contributed by atoms with E-state index in [0.717, 1.165) is 57.9 Å². The van der Waals surface area contributed by atoms with Gasteiger partial charge in [-0.2, -0.15) is 0 Å². The van der Waals surface area contributed by atoms with E-state index in [-0.39, 0.29) is 23.8 Å². The molecule has 0 aromatic carbocycles. The van der Waals surface area contributed by atoms with Crippen LogP contribution < -0.4 is 16.4 Å². The van der Waals surface area contributed by atoms with Crippen molar-refractivity contribution in [1.29, 1.82) is 0 Å². The number of unbranched alkanes of at least 4 members (excludes halogenated alkanes) is 4. The average Bonchev–Trinajstić information content (AvgIpc) is 2.52. The molecule has 0 aliphatic rings. The molecule has 4 N–H and O–H groups in total. The zero-order valence-corrected chi connectivity index (χ0v) is 15.3. The van der Waals surface area contributed by atoms with Crippen LogP contribution >= 0.6 is 0 Å². The number of amides is 2. The van der Waals surface area contributed by atoms with Crippen molar-refractivity contribution in [3.05, 3.63) is 0 Å². The molecular weight excluding hydrogens is 290 g/mol. The molecule has 0 bridgehead atoms. The maximum absolute atomic E-state index is 11.7. The molecular formula is C18H37N3O2. The van der Waals surface area contributed by atoms with Crippen molar-refractivity contribution in [2.45, 2.75) is 84.6 Å². The van der Waals surface area contributed by atoms with Gasteiger partial charge in [-0.05, 0) is 39.0 Å². The molecule has 2 unspecified atom stereocenters. The van der Waals surface area contributed by atoms with Crippen LogP contribution in [0, 0.1) is 5.92 Å². The van der Waals surface area contributed by atoms with E-state index in [9.17, 15) is 9.59 Å². The minimum absolute atomic E-state index is 0.0915. The molecule has 2 amide bonds. The predicted octanol–water partition coefficient (Wildman–Crippen LogP) is 2.73. The van der Waals surface area contributed by atoms with Crippen LogP contribution in [0.25, 0.3) is 0 Å². The van der Waals surface area contributed by atoms with Gasteiger partial charge in [0, 0.05) is 31.5 Å². The van der Waals surface area contributed by atoms with Gasteiger partial charge in [0.05, 0.1) is 0 Å². The highest BCUT2D eigenvalue weighted by Crippen LogP contribution is 2.03. The summed E-state index contributed by atoms with van der Waals surface area (Å²) in [5, 5.41) is 5.90. The van der Waals surface area contributed by atoms with Crippen LogP contribution in [-0.4, -0.2) is 30.9 Å². The molecule has 0 rings (SSSR count). The van der Waals surface area contributed by atoms with Crippen molar-refractivity contribution >= 4 is 11.8 Å². The Morgan fingerprint density at radius 1 is 0.913 bits per heavy atom. The molecule has 0 aliphatic carbocycles. The van der Waals surface area contributed by atoms with Crippen LogP contribution in [0.2, 0.25) is 0 Å². The van der Waals surface area contributed by atoms with E-state index in [2.05, 4.69) is 10.6 Å². The van der Waals surface area contributed by atoms with Gasteiger partial charge in [-0.25, -0.2) is 0 Å². The molecule has 0 radical (unpaired) electrons. The standard InChI is InChI=1S/C18H37N3O2/c1-4-15(2)18(23)21-14-10-6-8-12-17(22)20-13-9-5-7-11-16(3)19/h15-16H,4-14,19H2,1-3H3,(H,20,22)(H,21,23). The largest absolute Gasteiger partial charge is 0.356 e. The number of nitrogens with one attached hydrogen (secondary N) is 2. The lowest BCUT2D eigenvalue weighted by Gasteiger charge is -2.09. The van der Waals surface area contributed by atoms with E-state index in [4.69, 9.17) is 5.73 Å². The topological polar surface area (TPSA) is 84.2 Å². The maximum Gasteiger partial charge on any atom is 0.222 e. The second-order valence-corrected chi connectivity index (χ2v) is 6.59. The minimum atomic E-state index is 0.0915. The number of hydrogen-bond acceptors (Lipinski definition) is 3. The number of carbonyl (C=O) groups excluding carboxylic acids is 2. The Balaban J connectivity index is 3.35. The van der Waals surface area contributed by atoms with Crippen molar-refractivity contribution in [3.8, 4) is 0 Å². The van der Waals surface area contributed by atoms with Gasteiger partial charge in [0.15, 0.2) is 0 Å². The SMILES string of the molecule is CCC(C)C(=O)NCCCCCC(=O)NCCCCCC(C)N. The molecule has 5 nitrogen and oxygen atoms in total. The summed E-state index contributed by atoms with van der Waals surface area (Å²) < 4.78 is 0. The van der Waals surface area contributed by atoms with Gasteiger partial charge in [-0.3, -0.25) is 9.59 Å². The van der Waals surface area contributed by atoms with Crippen LogP contribution in [0.5, 0.6) is 0 Å². The summed E-state index contributed by atoms with van der Waals surface area (Å²) in [6.07, 6.45) is 8.59. The van der Waals surface area contributed by atoms with Gasteiger partial charge in [-0.1, -0.05) is 33.1 Å². The summed E-state index contributed by atoms with van der Waals surface area (Å²) in [5.74, 6) is 0.365. The molecule has 0 saturated heterocycles. The van der Waals surface area contributed by atoms with E-state index in [0.29, 0.717) is 13.0 Å². The van der Waals surface area contributed by atoms with Gasteiger partial charge in [0.1, 0.15) is 0 Å². The van der Waals surface area contributed by atoms with Crippen LogP contribution in [0.1, 0.15) is 78.6 Å². The Morgan fingerprint density at radius 2 is 1.52 bits per heavy atom. The second kappa shape index (κ2) is 14.5. The summed E-state index contributed by atoms with van der Waals surface area (Å²) in [5.41, 5.74) is 5.69. The third kappa shape index (κ3) is 14.2. The van der Waals surface area contributed by atoms with Crippen molar-refractivity contribution in [2.75, 3.05) is 13.1 Å². The summed E-state index contributed by atoms with van der Waals surface area (Å²) in [6.45, 7) is 7.46. The lowest BCUT2D eigenvalue weighted by Crippen LogP contribution is -2.29. The molecule has 136 valence electrons. The van der Waals surface area contributed by atoms with E-state index in [1.165, 1.54) is 0 Å². The molecule has 2 atom stereocenters. The molecule has 5 heteroatoms. The molecule has 0 heterocycles. The zero-order valence-electron chi connectivity index (χ0n) is 15.3. The summed E-state index contributed by atoms with van der Waals surface area (Å²) in [7, 11) is 0. The Labute approximate surface area is 142 Å². The smallest absolute Gasteiger partial charge is 0.222 e. The second-order valence-electron chi connectivity index (χ2n) is 6.59. The fourth-order valence-corrected chi connectivity index (χ4v) is 2.24. The number of hydrogen-bond donors (Lipinski definition) is 3. The first-order valence-corrected chi connectivity index (χ1v) is 9.27. The fourth-order valence-electron chi connectivity index (χ4n) is 2.24. The number of carbonyl (C=O) groups is 2. The van der Waals surface area contributed by atoms with Crippen molar-refractivity contribution in [3.63, 3.8) is 0 Å². The molecule has 0 aromatic heterocycles. The molecule has 0 saturated carbocycles. The average molecular weight is 328 g/mol.